The van der Waals surface area contributed by atoms with Crippen LogP contribution in [0, 0.1) is 11.8 Å². The molecule has 0 unspecified atom stereocenters. The number of ketones is 1. The van der Waals surface area contributed by atoms with Crippen molar-refractivity contribution in [2.75, 3.05) is 30.3 Å². The Morgan fingerprint density at radius 3 is 2.71 bits per heavy atom. The third kappa shape index (κ3) is 5.14. The maximum Gasteiger partial charge on any atom is 0.185 e. The molecule has 2 heterocycles. The van der Waals surface area contributed by atoms with E-state index in [9.17, 15) is 18.3 Å². The van der Waals surface area contributed by atoms with Crippen LogP contribution in [0.2, 0.25) is 5.02 Å². The summed E-state index contributed by atoms with van der Waals surface area (Å²) >= 11 is 6.39. The quantitative estimate of drug-likeness (QED) is 0.372. The number of halogens is 1. The molecule has 1 spiro atoms. The van der Waals surface area contributed by atoms with Gasteiger partial charge in [0.15, 0.2) is 15.6 Å². The molecule has 6 nitrogen and oxygen atoms in total. The largest absolute Gasteiger partial charge is 0.490 e. The minimum atomic E-state index is -3.86. The van der Waals surface area contributed by atoms with Gasteiger partial charge in [-0.15, -0.1) is 0 Å². The number of carbonyl (C=O) groups is 1. The molecule has 0 saturated heterocycles. The fourth-order valence-electron chi connectivity index (χ4n) is 7.73. The van der Waals surface area contributed by atoms with Gasteiger partial charge in [0.25, 0.3) is 0 Å². The van der Waals surface area contributed by atoms with Crippen LogP contribution in [-0.2, 0) is 39.3 Å². The van der Waals surface area contributed by atoms with Crippen LogP contribution in [0.3, 0.4) is 0 Å². The third-order valence-corrected chi connectivity index (χ3v) is 11.9. The van der Waals surface area contributed by atoms with Gasteiger partial charge in [0, 0.05) is 29.9 Å². The molecular formula is C34H36ClNO5S. The lowest BCUT2D eigenvalue weighted by molar-refractivity contribution is -0.116. The van der Waals surface area contributed by atoms with Crippen molar-refractivity contribution in [2.45, 2.75) is 61.4 Å². The Morgan fingerprint density at radius 2 is 1.88 bits per heavy atom. The van der Waals surface area contributed by atoms with Crippen molar-refractivity contribution in [2.24, 2.45) is 11.8 Å². The van der Waals surface area contributed by atoms with Crippen molar-refractivity contribution >= 4 is 32.9 Å². The lowest BCUT2D eigenvalue weighted by atomic mass is 9.68. The zero-order chi connectivity index (χ0) is 29.1. The number of aryl methyl sites for hydroxylation is 1. The number of aliphatic hydroxyl groups is 1. The van der Waals surface area contributed by atoms with Gasteiger partial charge in [-0.05, 0) is 103 Å². The van der Waals surface area contributed by atoms with Crippen LogP contribution < -0.4 is 9.64 Å². The Morgan fingerprint density at radius 1 is 1.02 bits per heavy atom. The minimum absolute atomic E-state index is 0.0430. The zero-order valence-electron chi connectivity index (χ0n) is 23.6. The van der Waals surface area contributed by atoms with E-state index < -0.39 is 21.7 Å². The molecule has 0 amide bonds. The zero-order valence-corrected chi connectivity index (χ0v) is 25.2. The van der Waals surface area contributed by atoms with Crippen LogP contribution >= 0.6 is 11.6 Å². The average Bonchev–Trinajstić information content (AvgIpc) is 3.07. The number of carbonyl (C=O) groups excluding carboxylic acids is 1. The summed E-state index contributed by atoms with van der Waals surface area (Å²) in [7, 11) is -3.86. The summed E-state index contributed by atoms with van der Waals surface area (Å²) in [5, 5.41) is 12.1. The Balaban J connectivity index is 1.31. The van der Waals surface area contributed by atoms with E-state index in [0.717, 1.165) is 53.9 Å². The third-order valence-electron chi connectivity index (χ3n) is 9.98. The second-order valence-corrected chi connectivity index (χ2v) is 15.2. The molecule has 4 bridgehead atoms. The number of anilines is 1. The number of Topliss-reactive ketones (excluding diaryl/α,β-unsaturated/α-hetero) is 1. The number of aliphatic hydroxyl groups excluding tert-OH is 1. The number of sulfone groups is 1. The van der Waals surface area contributed by atoms with E-state index in [4.69, 9.17) is 16.3 Å². The maximum absolute atomic E-state index is 13.5. The van der Waals surface area contributed by atoms with Crippen molar-refractivity contribution < 1.29 is 23.1 Å². The van der Waals surface area contributed by atoms with Gasteiger partial charge in [-0.1, -0.05) is 41.9 Å². The first-order valence-corrected chi connectivity index (χ1v) is 17.0. The topological polar surface area (TPSA) is 83.9 Å². The highest BCUT2D eigenvalue weighted by Crippen LogP contribution is 2.47. The predicted octanol–water partition coefficient (Wildman–Crippen LogP) is 5.34. The van der Waals surface area contributed by atoms with E-state index >= 15 is 0 Å². The molecule has 3 aromatic rings. The molecule has 1 fully saturated rings. The van der Waals surface area contributed by atoms with E-state index in [-0.39, 0.29) is 34.4 Å². The van der Waals surface area contributed by atoms with E-state index in [2.05, 4.69) is 17.0 Å². The van der Waals surface area contributed by atoms with Crippen LogP contribution in [0.25, 0.3) is 0 Å². The molecule has 4 aliphatic rings. The Labute approximate surface area is 252 Å². The van der Waals surface area contributed by atoms with E-state index in [0.29, 0.717) is 31.9 Å². The molecule has 220 valence electrons. The Kier molecular flexibility index (Phi) is 7.11. The predicted molar refractivity (Wildman–Crippen MR) is 163 cm³/mol. The van der Waals surface area contributed by atoms with Crippen molar-refractivity contribution in [1.29, 1.82) is 0 Å². The second kappa shape index (κ2) is 10.7. The number of hydrogen-bond acceptors (Lipinski definition) is 6. The van der Waals surface area contributed by atoms with Crippen LogP contribution in [0.4, 0.5) is 5.69 Å². The molecule has 2 aliphatic heterocycles. The smallest absolute Gasteiger partial charge is 0.185 e. The molecular weight excluding hydrogens is 570 g/mol. The first-order chi connectivity index (χ1) is 20.2. The van der Waals surface area contributed by atoms with Gasteiger partial charge in [-0.3, -0.25) is 4.79 Å². The van der Waals surface area contributed by atoms with Gasteiger partial charge >= 0.3 is 0 Å². The summed E-state index contributed by atoms with van der Waals surface area (Å²) in [4.78, 5) is 15.4. The maximum atomic E-state index is 13.5. The fraction of sp³-hybridized carbons (Fsp3) is 0.441. The normalized spacial score (nSPS) is 28.6. The molecule has 1 N–H and O–H groups in total. The molecule has 0 radical (unpaired) electrons. The van der Waals surface area contributed by atoms with E-state index in [1.165, 1.54) is 11.1 Å². The van der Waals surface area contributed by atoms with Crippen LogP contribution in [0.5, 0.6) is 5.75 Å². The molecule has 8 heteroatoms. The van der Waals surface area contributed by atoms with E-state index in [1.54, 1.807) is 18.2 Å². The number of rotatable bonds is 0. The number of fused-ring (bicyclic) bond motifs is 6. The fourth-order valence-corrected chi connectivity index (χ4v) is 9.19. The molecule has 42 heavy (non-hydrogen) atoms. The Hall–Kier alpha value is -2.87. The molecule has 7 rings (SSSR count). The van der Waals surface area contributed by atoms with Crippen molar-refractivity contribution in [3.8, 4) is 5.75 Å². The van der Waals surface area contributed by atoms with Crippen LogP contribution in [-0.4, -0.2) is 50.9 Å². The minimum Gasteiger partial charge on any atom is -0.490 e. The van der Waals surface area contributed by atoms with E-state index in [1.807, 2.05) is 30.3 Å². The lowest BCUT2D eigenvalue weighted by Crippen LogP contribution is -2.49. The summed E-state index contributed by atoms with van der Waals surface area (Å²) in [6.45, 7) is 1.87. The number of benzene rings is 3. The Bertz CT molecular complexity index is 1660. The van der Waals surface area contributed by atoms with Crippen molar-refractivity contribution in [3.05, 3.63) is 87.9 Å². The van der Waals surface area contributed by atoms with Gasteiger partial charge in [0.05, 0.1) is 23.3 Å². The molecule has 0 aromatic heterocycles. The molecule has 1 saturated carbocycles. The second-order valence-electron chi connectivity index (χ2n) is 12.8. The first kappa shape index (κ1) is 27.9. The summed E-state index contributed by atoms with van der Waals surface area (Å²) in [5.41, 5.74) is 4.73. The van der Waals surface area contributed by atoms with Gasteiger partial charge in [-0.2, -0.15) is 0 Å². The number of nitrogens with zero attached hydrogens (tertiary/aromatic N) is 1. The standard InChI is InChI=1S/C34H36ClNO5S/c35-26-7-10-30-24(16-26)5-2-12-34(30)20-36-18-25-6-9-29(25)32(38)15-23-4-1-3-22(13-23)14-27(37)19-42(39,40)28-8-11-33(41-21-34)31(36)17-28/h1,3-4,7-8,10-11,13,16-17,25,29,32,38H,2,5-6,9,12,14-15,18-21H2/t25-,29+,32+,34-/m0/s1. The summed E-state index contributed by atoms with van der Waals surface area (Å²) in [5.74, 6) is 0.178. The summed E-state index contributed by atoms with van der Waals surface area (Å²) in [6, 6.07) is 18.8. The molecule has 3 aromatic carbocycles. The first-order valence-electron chi connectivity index (χ1n) is 15.0. The van der Waals surface area contributed by atoms with Crippen molar-refractivity contribution in [1.82, 2.24) is 0 Å². The van der Waals surface area contributed by atoms with Crippen LogP contribution in [0.15, 0.2) is 65.6 Å². The van der Waals surface area contributed by atoms with Gasteiger partial charge in [-0.25, -0.2) is 8.42 Å². The van der Waals surface area contributed by atoms with Gasteiger partial charge in [0.2, 0.25) is 0 Å². The monoisotopic (exact) mass is 605 g/mol. The average molecular weight is 606 g/mol. The highest BCUT2D eigenvalue weighted by molar-refractivity contribution is 7.92. The van der Waals surface area contributed by atoms with Crippen LogP contribution in [0.1, 0.15) is 47.9 Å². The SMILES string of the molecule is O=C1Cc2cccc(c2)C[C@@H](O)[C@@H]2CC[C@H]2CN2C[C@@]3(CCCc4cc(Cl)ccc43)COc3ccc(cc32)S(=O)(=O)C1. The van der Waals surface area contributed by atoms with Crippen molar-refractivity contribution in [3.63, 3.8) is 0 Å². The lowest BCUT2D eigenvalue weighted by Gasteiger charge is -2.45. The summed E-state index contributed by atoms with van der Waals surface area (Å²) in [6.07, 6.45) is 5.00. The number of ether oxygens (including phenoxy) is 1. The highest BCUT2D eigenvalue weighted by atomic mass is 35.5. The molecule has 4 atom stereocenters. The highest BCUT2D eigenvalue weighted by Gasteiger charge is 2.44. The molecule has 2 aliphatic carbocycles. The van der Waals surface area contributed by atoms with Gasteiger partial charge in [0.1, 0.15) is 11.5 Å². The van der Waals surface area contributed by atoms with Gasteiger partial charge < -0.3 is 14.7 Å². The summed E-state index contributed by atoms with van der Waals surface area (Å²) < 4.78 is 33.6. The number of hydrogen-bond donors (Lipinski definition) is 1.